The lowest BCUT2D eigenvalue weighted by Gasteiger charge is -2.36. The van der Waals surface area contributed by atoms with Gasteiger partial charge in [0.1, 0.15) is 0 Å². The second kappa shape index (κ2) is 6.37. The van der Waals surface area contributed by atoms with Gasteiger partial charge in [0.15, 0.2) is 0 Å². The highest BCUT2D eigenvalue weighted by Crippen LogP contribution is 2.29. The lowest BCUT2D eigenvalue weighted by Crippen LogP contribution is -2.47. The van der Waals surface area contributed by atoms with Crippen molar-refractivity contribution in [2.45, 2.75) is 36.5 Å². The van der Waals surface area contributed by atoms with E-state index in [1.165, 1.54) is 12.1 Å². The number of aliphatic carboxylic acids is 1. The summed E-state index contributed by atoms with van der Waals surface area (Å²) in [6, 6.07) is 6.06. The molecule has 0 saturated carbocycles. The Morgan fingerprint density at radius 2 is 1.95 bits per heavy atom. The van der Waals surface area contributed by atoms with Crippen LogP contribution < -0.4 is 0 Å². The van der Waals surface area contributed by atoms with E-state index < -0.39 is 16.0 Å². The standard InChI is InChI=1S/C14H19NO4S2/c1-10-11(2)20-8-7-15(10)21(18,19)13-5-3-12(4-6-13)9-14(16)17/h3-6,10-11H,7-9H2,1-2H3,(H,16,17). The predicted octanol–water partition coefficient (Wildman–Crippen LogP) is 1.83. The molecule has 1 N–H and O–H groups in total. The first-order valence-corrected chi connectivity index (χ1v) is 9.25. The number of rotatable bonds is 4. The van der Waals surface area contributed by atoms with E-state index in [2.05, 4.69) is 0 Å². The van der Waals surface area contributed by atoms with E-state index in [-0.39, 0.29) is 22.6 Å². The average Bonchev–Trinajstić information content (AvgIpc) is 2.41. The van der Waals surface area contributed by atoms with Crippen LogP contribution in [0.25, 0.3) is 0 Å². The molecule has 2 rings (SSSR count). The quantitative estimate of drug-likeness (QED) is 0.912. The SMILES string of the molecule is CC1SCCN(S(=O)(=O)c2ccc(CC(=O)O)cc2)C1C. The van der Waals surface area contributed by atoms with Crippen LogP contribution in [-0.4, -0.2) is 47.4 Å². The van der Waals surface area contributed by atoms with Crippen molar-refractivity contribution in [3.05, 3.63) is 29.8 Å². The Hall–Kier alpha value is -1.05. The molecule has 1 heterocycles. The molecular weight excluding hydrogens is 310 g/mol. The number of thioether (sulfide) groups is 1. The fourth-order valence-corrected chi connectivity index (χ4v) is 5.33. The summed E-state index contributed by atoms with van der Waals surface area (Å²) < 4.78 is 26.9. The molecule has 2 unspecified atom stereocenters. The van der Waals surface area contributed by atoms with Gasteiger partial charge in [-0.1, -0.05) is 19.1 Å². The molecule has 0 spiro atoms. The number of nitrogens with zero attached hydrogens (tertiary/aromatic N) is 1. The molecule has 1 aliphatic rings. The van der Waals surface area contributed by atoms with Crippen LogP contribution in [0, 0.1) is 0 Å². The first kappa shape index (κ1) is 16.3. The number of sulfonamides is 1. The van der Waals surface area contributed by atoms with Crippen LogP contribution in [0.4, 0.5) is 0 Å². The Labute approximate surface area is 129 Å². The Balaban J connectivity index is 2.25. The molecule has 1 fully saturated rings. The molecule has 0 aliphatic carbocycles. The van der Waals surface area contributed by atoms with Crippen molar-refractivity contribution in [1.29, 1.82) is 0 Å². The molecule has 1 aromatic rings. The van der Waals surface area contributed by atoms with Crippen molar-refractivity contribution in [1.82, 2.24) is 4.31 Å². The number of carboxylic acid groups (broad SMARTS) is 1. The van der Waals surface area contributed by atoms with Crippen LogP contribution in [0.5, 0.6) is 0 Å². The number of hydrogen-bond acceptors (Lipinski definition) is 4. The van der Waals surface area contributed by atoms with Crippen LogP contribution in [-0.2, 0) is 21.2 Å². The molecule has 0 radical (unpaired) electrons. The van der Waals surface area contributed by atoms with E-state index in [1.54, 1.807) is 28.2 Å². The minimum atomic E-state index is -3.52. The third kappa shape index (κ3) is 3.59. The summed E-state index contributed by atoms with van der Waals surface area (Å²) in [5, 5.41) is 9.00. The van der Waals surface area contributed by atoms with Gasteiger partial charge >= 0.3 is 5.97 Å². The van der Waals surface area contributed by atoms with E-state index in [4.69, 9.17) is 5.11 Å². The zero-order chi connectivity index (χ0) is 15.6. The average molecular weight is 329 g/mol. The summed E-state index contributed by atoms with van der Waals surface area (Å²) in [7, 11) is -3.52. The van der Waals surface area contributed by atoms with Gasteiger partial charge in [0.2, 0.25) is 10.0 Å². The van der Waals surface area contributed by atoms with Crippen molar-refractivity contribution in [2.75, 3.05) is 12.3 Å². The molecule has 5 nitrogen and oxygen atoms in total. The Morgan fingerprint density at radius 1 is 1.33 bits per heavy atom. The van der Waals surface area contributed by atoms with Crippen LogP contribution in [0.1, 0.15) is 19.4 Å². The van der Waals surface area contributed by atoms with Gasteiger partial charge in [-0.2, -0.15) is 16.1 Å². The van der Waals surface area contributed by atoms with Crippen molar-refractivity contribution in [2.24, 2.45) is 0 Å². The first-order chi connectivity index (χ1) is 9.82. The van der Waals surface area contributed by atoms with Gasteiger partial charge in [0, 0.05) is 23.6 Å². The van der Waals surface area contributed by atoms with Gasteiger partial charge in [0.05, 0.1) is 11.3 Å². The molecule has 1 aliphatic heterocycles. The van der Waals surface area contributed by atoms with Crippen LogP contribution in [0.2, 0.25) is 0 Å². The summed E-state index contributed by atoms with van der Waals surface area (Å²) in [6.07, 6.45) is -0.103. The van der Waals surface area contributed by atoms with Gasteiger partial charge in [-0.3, -0.25) is 4.79 Å². The second-order valence-corrected chi connectivity index (χ2v) is 8.52. The van der Waals surface area contributed by atoms with Gasteiger partial charge in [-0.15, -0.1) is 0 Å². The van der Waals surface area contributed by atoms with Gasteiger partial charge < -0.3 is 5.11 Å². The van der Waals surface area contributed by atoms with Gasteiger partial charge in [-0.25, -0.2) is 8.42 Å². The fourth-order valence-electron chi connectivity index (χ4n) is 2.33. The minimum absolute atomic E-state index is 0.0487. The van der Waals surface area contributed by atoms with E-state index in [9.17, 15) is 13.2 Å². The summed E-state index contributed by atoms with van der Waals surface area (Å²) >= 11 is 1.78. The topological polar surface area (TPSA) is 74.7 Å². The number of carbonyl (C=O) groups is 1. The Kier molecular flexibility index (Phi) is 4.95. The molecule has 2 atom stereocenters. The van der Waals surface area contributed by atoms with E-state index in [1.807, 2.05) is 13.8 Å². The minimum Gasteiger partial charge on any atom is -0.481 e. The molecule has 0 amide bonds. The normalized spacial score (nSPS) is 23.9. The van der Waals surface area contributed by atoms with E-state index in [0.29, 0.717) is 12.1 Å². The van der Waals surface area contributed by atoms with Crippen molar-refractivity contribution < 1.29 is 18.3 Å². The molecule has 0 bridgehead atoms. The van der Waals surface area contributed by atoms with E-state index >= 15 is 0 Å². The summed E-state index contributed by atoms with van der Waals surface area (Å²) in [4.78, 5) is 10.9. The third-order valence-corrected chi connectivity index (χ3v) is 7.05. The highest BCUT2D eigenvalue weighted by Gasteiger charge is 2.34. The smallest absolute Gasteiger partial charge is 0.307 e. The maximum atomic E-state index is 12.7. The largest absolute Gasteiger partial charge is 0.481 e. The maximum Gasteiger partial charge on any atom is 0.307 e. The fraction of sp³-hybridized carbons (Fsp3) is 0.500. The monoisotopic (exact) mass is 329 g/mol. The zero-order valence-corrected chi connectivity index (χ0v) is 13.7. The Bertz CT molecular complexity index is 612. The highest BCUT2D eigenvalue weighted by atomic mass is 32.2. The lowest BCUT2D eigenvalue weighted by molar-refractivity contribution is -0.136. The number of carboxylic acids is 1. The van der Waals surface area contributed by atoms with Gasteiger partial charge in [-0.05, 0) is 24.6 Å². The molecule has 1 aromatic carbocycles. The predicted molar refractivity (Wildman–Crippen MR) is 83.1 cm³/mol. The van der Waals surface area contributed by atoms with Crippen LogP contribution >= 0.6 is 11.8 Å². The zero-order valence-electron chi connectivity index (χ0n) is 12.0. The van der Waals surface area contributed by atoms with Gasteiger partial charge in [0.25, 0.3) is 0 Å². The lowest BCUT2D eigenvalue weighted by atomic mass is 10.2. The van der Waals surface area contributed by atoms with Crippen molar-refractivity contribution >= 4 is 27.8 Å². The molecule has 1 saturated heterocycles. The highest BCUT2D eigenvalue weighted by molar-refractivity contribution is 8.00. The Morgan fingerprint density at radius 3 is 2.52 bits per heavy atom. The molecular formula is C14H19NO4S2. The first-order valence-electron chi connectivity index (χ1n) is 6.76. The molecule has 0 aromatic heterocycles. The van der Waals surface area contributed by atoms with E-state index in [0.717, 1.165) is 5.75 Å². The maximum absolute atomic E-state index is 12.7. The summed E-state index contributed by atoms with van der Waals surface area (Å²) in [5.74, 6) is -0.136. The van der Waals surface area contributed by atoms with Crippen LogP contribution in [0.15, 0.2) is 29.2 Å². The second-order valence-electron chi connectivity index (χ2n) is 5.15. The molecule has 7 heteroatoms. The third-order valence-electron chi connectivity index (χ3n) is 3.71. The summed E-state index contributed by atoms with van der Waals surface area (Å²) in [6.45, 7) is 4.47. The molecule has 116 valence electrons. The van der Waals surface area contributed by atoms with Crippen molar-refractivity contribution in [3.8, 4) is 0 Å². The van der Waals surface area contributed by atoms with Crippen LogP contribution in [0.3, 0.4) is 0 Å². The number of hydrogen-bond donors (Lipinski definition) is 1. The van der Waals surface area contributed by atoms with Crippen molar-refractivity contribution in [3.63, 3.8) is 0 Å². The number of benzene rings is 1. The summed E-state index contributed by atoms with van der Waals surface area (Å²) in [5.41, 5.74) is 0.595. The molecule has 21 heavy (non-hydrogen) atoms.